The molecule has 1 unspecified atom stereocenters. The van der Waals surface area contributed by atoms with E-state index in [-0.39, 0.29) is 34.7 Å². The number of aromatic hydroxyl groups is 1. The summed E-state index contributed by atoms with van der Waals surface area (Å²) in [5, 5.41) is 10.5. The molecule has 3 amide bonds. The van der Waals surface area contributed by atoms with Gasteiger partial charge in [0.05, 0.1) is 5.92 Å². The van der Waals surface area contributed by atoms with E-state index in [4.69, 9.17) is 5.73 Å². The van der Waals surface area contributed by atoms with Crippen LogP contribution in [0.1, 0.15) is 51.2 Å². The number of rotatable bonds is 1. The van der Waals surface area contributed by atoms with Gasteiger partial charge < -0.3 is 20.6 Å². The standard InChI is InChI=1S/C22H31N3O3/c1-21(2)18-12-15-16(7-4-8-17(15)26)22(21,3)9-11-25(18)20(28)24-10-5-6-14(13-24)19(23)27/h4,7-8,14,18,26H,5-6,9-13H2,1-3H3,(H2,23,27)/t14?,18-,22+/m0/s1. The summed E-state index contributed by atoms with van der Waals surface area (Å²) in [5.74, 6) is -0.247. The van der Waals surface area contributed by atoms with E-state index in [9.17, 15) is 14.7 Å². The number of amides is 3. The van der Waals surface area contributed by atoms with Crippen molar-refractivity contribution in [2.24, 2.45) is 17.1 Å². The van der Waals surface area contributed by atoms with Crippen LogP contribution in [-0.4, -0.2) is 52.5 Å². The molecule has 2 fully saturated rings. The van der Waals surface area contributed by atoms with Crippen molar-refractivity contribution in [2.45, 2.75) is 57.9 Å². The lowest BCUT2D eigenvalue weighted by molar-refractivity contribution is -0.123. The monoisotopic (exact) mass is 385 g/mol. The van der Waals surface area contributed by atoms with Gasteiger partial charge in [-0.1, -0.05) is 32.9 Å². The Kier molecular flexibility index (Phi) is 4.36. The Morgan fingerprint density at radius 1 is 1.21 bits per heavy atom. The Balaban J connectivity index is 1.66. The van der Waals surface area contributed by atoms with Crippen LogP contribution in [0.25, 0.3) is 0 Å². The molecule has 2 aliphatic heterocycles. The number of hydrogen-bond acceptors (Lipinski definition) is 3. The summed E-state index contributed by atoms with van der Waals surface area (Å²) in [6.45, 7) is 8.53. The van der Waals surface area contributed by atoms with Crippen molar-refractivity contribution in [3.63, 3.8) is 0 Å². The molecule has 2 saturated heterocycles. The third-order valence-electron chi connectivity index (χ3n) is 7.97. The average molecular weight is 386 g/mol. The molecule has 0 spiro atoms. The summed E-state index contributed by atoms with van der Waals surface area (Å²) in [6, 6.07) is 5.81. The zero-order chi connectivity index (χ0) is 20.3. The van der Waals surface area contributed by atoms with Gasteiger partial charge in [0, 0.05) is 31.1 Å². The van der Waals surface area contributed by atoms with E-state index in [0.29, 0.717) is 31.8 Å². The number of primary amides is 1. The second-order valence-electron chi connectivity index (χ2n) is 9.49. The highest BCUT2D eigenvalue weighted by Crippen LogP contribution is 2.57. The highest BCUT2D eigenvalue weighted by Gasteiger charge is 2.57. The topological polar surface area (TPSA) is 86.9 Å². The van der Waals surface area contributed by atoms with Crippen LogP contribution in [0, 0.1) is 11.3 Å². The van der Waals surface area contributed by atoms with Crippen molar-refractivity contribution < 1.29 is 14.7 Å². The molecule has 3 N–H and O–H groups in total. The van der Waals surface area contributed by atoms with Crippen LogP contribution >= 0.6 is 0 Å². The van der Waals surface area contributed by atoms with Gasteiger partial charge in [0.2, 0.25) is 5.91 Å². The first-order valence-corrected chi connectivity index (χ1v) is 10.3. The van der Waals surface area contributed by atoms with E-state index >= 15 is 0 Å². The zero-order valence-corrected chi connectivity index (χ0v) is 17.1. The molecule has 0 saturated carbocycles. The van der Waals surface area contributed by atoms with Crippen LogP contribution in [0.2, 0.25) is 0 Å². The first-order chi connectivity index (χ1) is 13.2. The Bertz CT molecular complexity index is 821. The summed E-state index contributed by atoms with van der Waals surface area (Å²) in [4.78, 5) is 28.9. The minimum atomic E-state index is -0.319. The first kappa shape index (κ1) is 19.1. The van der Waals surface area contributed by atoms with Crippen molar-refractivity contribution in [2.75, 3.05) is 19.6 Å². The summed E-state index contributed by atoms with van der Waals surface area (Å²) >= 11 is 0. The summed E-state index contributed by atoms with van der Waals surface area (Å²) in [5.41, 5.74) is 7.47. The van der Waals surface area contributed by atoms with Gasteiger partial charge in [0.1, 0.15) is 5.75 Å². The molecular weight excluding hydrogens is 354 g/mol. The largest absolute Gasteiger partial charge is 0.508 e. The number of piperidine rings is 2. The minimum absolute atomic E-state index is 0.00458. The molecule has 1 aromatic rings. The molecule has 3 aliphatic rings. The lowest BCUT2D eigenvalue weighted by Crippen LogP contribution is -2.66. The van der Waals surface area contributed by atoms with Crippen LogP contribution in [0.5, 0.6) is 5.75 Å². The van der Waals surface area contributed by atoms with E-state index < -0.39 is 0 Å². The van der Waals surface area contributed by atoms with Crippen molar-refractivity contribution in [3.8, 4) is 5.75 Å². The number of carbonyl (C=O) groups excluding carboxylic acids is 2. The number of phenolic OH excluding ortho intramolecular Hbond substituents is 1. The highest BCUT2D eigenvalue weighted by atomic mass is 16.3. The maximum atomic E-state index is 13.4. The maximum absolute atomic E-state index is 13.4. The molecular formula is C22H31N3O3. The predicted molar refractivity (Wildman–Crippen MR) is 107 cm³/mol. The Hall–Kier alpha value is -2.24. The van der Waals surface area contributed by atoms with Gasteiger partial charge in [0.25, 0.3) is 0 Å². The van der Waals surface area contributed by atoms with Crippen LogP contribution in [0.4, 0.5) is 4.79 Å². The number of carbonyl (C=O) groups is 2. The van der Waals surface area contributed by atoms with E-state index in [2.05, 4.69) is 26.8 Å². The van der Waals surface area contributed by atoms with Gasteiger partial charge in [-0.2, -0.15) is 0 Å². The van der Waals surface area contributed by atoms with Crippen molar-refractivity contribution >= 4 is 11.9 Å². The quantitative estimate of drug-likeness (QED) is 0.779. The minimum Gasteiger partial charge on any atom is -0.508 e. The smallest absolute Gasteiger partial charge is 0.320 e. The van der Waals surface area contributed by atoms with Gasteiger partial charge in [0.15, 0.2) is 0 Å². The van der Waals surface area contributed by atoms with Gasteiger partial charge in [-0.05, 0) is 48.3 Å². The molecule has 3 atom stereocenters. The fraction of sp³-hybridized carbons (Fsp3) is 0.636. The number of benzene rings is 1. The summed E-state index contributed by atoms with van der Waals surface area (Å²) in [6.07, 6.45) is 3.07. The fourth-order valence-electron chi connectivity index (χ4n) is 5.72. The molecule has 6 heteroatoms. The Morgan fingerprint density at radius 3 is 2.68 bits per heavy atom. The molecule has 28 heavy (non-hydrogen) atoms. The molecule has 0 aromatic heterocycles. The molecule has 6 nitrogen and oxygen atoms in total. The normalized spacial score (nSPS) is 31.2. The number of hydrogen-bond donors (Lipinski definition) is 2. The van der Waals surface area contributed by atoms with E-state index in [1.54, 1.807) is 11.0 Å². The van der Waals surface area contributed by atoms with E-state index in [1.165, 1.54) is 5.56 Å². The molecule has 1 aliphatic carbocycles. The van der Waals surface area contributed by atoms with Crippen molar-refractivity contribution in [1.29, 1.82) is 0 Å². The van der Waals surface area contributed by atoms with Gasteiger partial charge in [-0.15, -0.1) is 0 Å². The summed E-state index contributed by atoms with van der Waals surface area (Å²) in [7, 11) is 0. The fourth-order valence-corrected chi connectivity index (χ4v) is 5.72. The number of nitrogens with zero attached hydrogens (tertiary/aromatic N) is 2. The van der Waals surface area contributed by atoms with Gasteiger partial charge in [-0.25, -0.2) is 4.79 Å². The number of fused-ring (bicyclic) bond motifs is 4. The molecule has 0 radical (unpaired) electrons. The Morgan fingerprint density at radius 2 is 1.96 bits per heavy atom. The maximum Gasteiger partial charge on any atom is 0.320 e. The van der Waals surface area contributed by atoms with E-state index in [1.807, 2.05) is 11.0 Å². The predicted octanol–water partition coefficient (Wildman–Crippen LogP) is 2.62. The molecule has 152 valence electrons. The van der Waals surface area contributed by atoms with E-state index in [0.717, 1.165) is 24.8 Å². The lowest BCUT2D eigenvalue weighted by atomic mass is 9.51. The number of urea groups is 1. The second-order valence-corrected chi connectivity index (χ2v) is 9.49. The second kappa shape index (κ2) is 6.39. The van der Waals surface area contributed by atoms with Crippen LogP contribution in [0.3, 0.4) is 0 Å². The molecule has 2 heterocycles. The third kappa shape index (κ3) is 2.60. The van der Waals surface area contributed by atoms with Gasteiger partial charge >= 0.3 is 6.03 Å². The van der Waals surface area contributed by atoms with Crippen LogP contribution < -0.4 is 5.73 Å². The van der Waals surface area contributed by atoms with Crippen molar-refractivity contribution in [1.82, 2.24) is 9.80 Å². The third-order valence-corrected chi connectivity index (χ3v) is 7.97. The molecule has 1 aromatic carbocycles. The number of nitrogens with two attached hydrogens (primary N) is 1. The number of likely N-dealkylation sites (tertiary alicyclic amines) is 2. The first-order valence-electron chi connectivity index (χ1n) is 10.3. The summed E-state index contributed by atoms with van der Waals surface area (Å²) < 4.78 is 0. The van der Waals surface area contributed by atoms with Crippen LogP contribution in [-0.2, 0) is 16.6 Å². The molecule has 2 bridgehead atoms. The zero-order valence-electron chi connectivity index (χ0n) is 17.1. The Labute approximate surface area is 166 Å². The molecule has 4 rings (SSSR count). The highest BCUT2D eigenvalue weighted by molar-refractivity contribution is 5.80. The van der Waals surface area contributed by atoms with Crippen LogP contribution in [0.15, 0.2) is 18.2 Å². The SMILES string of the molecule is CC1(C)[C@@H]2Cc3c(O)cccc3[C@@]1(C)CCN2C(=O)N1CCCC(C(N)=O)C1. The number of phenols is 1. The lowest BCUT2D eigenvalue weighted by Gasteiger charge is -2.61. The van der Waals surface area contributed by atoms with Crippen molar-refractivity contribution in [3.05, 3.63) is 29.3 Å². The average Bonchev–Trinajstić information content (AvgIpc) is 2.65. The van der Waals surface area contributed by atoms with Gasteiger partial charge in [-0.3, -0.25) is 4.79 Å².